The Balaban J connectivity index is 1.49. The number of likely N-dealkylation sites (tertiary alicyclic amines) is 1. The average Bonchev–Trinajstić information content (AvgIpc) is 2.95. The molecule has 1 aliphatic rings. The van der Waals surface area contributed by atoms with Gasteiger partial charge in [-0.3, -0.25) is 19.8 Å². The van der Waals surface area contributed by atoms with Crippen LogP contribution in [0.25, 0.3) is 10.9 Å². The van der Waals surface area contributed by atoms with Crippen molar-refractivity contribution in [3.8, 4) is 5.75 Å². The number of pyridine rings is 1. The van der Waals surface area contributed by atoms with Crippen molar-refractivity contribution in [2.75, 3.05) is 11.9 Å². The van der Waals surface area contributed by atoms with Gasteiger partial charge in [0, 0.05) is 29.9 Å². The van der Waals surface area contributed by atoms with E-state index in [0.29, 0.717) is 18.7 Å². The van der Waals surface area contributed by atoms with Gasteiger partial charge in [-0.05, 0) is 48.2 Å². The quantitative estimate of drug-likeness (QED) is 0.256. The molecule has 200 valence electrons. The normalized spacial score (nSPS) is 20.0. The Morgan fingerprint density at radius 3 is 2.53 bits per heavy atom. The molecule has 0 saturated carbocycles. The maximum atomic E-state index is 13.5. The third-order valence-electron chi connectivity index (χ3n) is 7.29. The molecule has 1 saturated heterocycles. The minimum Gasteiger partial charge on any atom is -0.488 e. The molecular weight excluding hydrogens is 488 g/mol. The largest absolute Gasteiger partial charge is 0.488 e. The summed E-state index contributed by atoms with van der Waals surface area (Å²) in [6.07, 6.45) is 1.31. The number of carbonyl (C=O) groups is 3. The SMILES string of the molecule is CCC(C)C1[C@H](C(=O)Nc2ccc(COc3ccnc4ccccc34)cc2)C(C(=O)NO)CCN1C(=O)O. The Morgan fingerprint density at radius 1 is 1.11 bits per heavy atom. The van der Waals surface area contributed by atoms with Gasteiger partial charge in [0.25, 0.3) is 0 Å². The van der Waals surface area contributed by atoms with Crippen LogP contribution in [-0.4, -0.2) is 50.7 Å². The zero-order valence-corrected chi connectivity index (χ0v) is 21.3. The predicted octanol–water partition coefficient (Wildman–Crippen LogP) is 4.29. The fourth-order valence-electron chi connectivity index (χ4n) is 5.15. The predicted molar refractivity (Wildman–Crippen MR) is 141 cm³/mol. The van der Waals surface area contributed by atoms with Crippen molar-refractivity contribution in [3.05, 3.63) is 66.4 Å². The zero-order valence-electron chi connectivity index (χ0n) is 21.3. The van der Waals surface area contributed by atoms with E-state index in [1.54, 1.807) is 23.8 Å². The van der Waals surface area contributed by atoms with Gasteiger partial charge in [-0.15, -0.1) is 0 Å². The Labute approximate surface area is 220 Å². The molecule has 2 heterocycles. The standard InChI is InChI=1S/C28H32N4O6/c1-3-17(2)25-24(21(26(33)31-37)13-15-32(25)28(35)36)27(34)30-19-10-8-18(9-11-19)16-38-23-12-14-29-22-7-5-4-6-20(22)23/h4-12,14,17,21,24-25,37H,3,13,15-16H2,1-2H3,(H,30,34)(H,31,33)(H,35,36)/t17?,21?,24-,25?/m1/s1. The molecule has 0 aliphatic carbocycles. The Bertz CT molecular complexity index is 1290. The van der Waals surface area contributed by atoms with Gasteiger partial charge in [-0.2, -0.15) is 0 Å². The number of amides is 3. The lowest BCUT2D eigenvalue weighted by atomic mass is 9.73. The average molecular weight is 521 g/mol. The van der Waals surface area contributed by atoms with E-state index < -0.39 is 35.8 Å². The van der Waals surface area contributed by atoms with Gasteiger partial charge in [0.1, 0.15) is 12.4 Å². The highest BCUT2D eigenvalue weighted by molar-refractivity contribution is 5.97. The van der Waals surface area contributed by atoms with Crippen LogP contribution >= 0.6 is 0 Å². The highest BCUT2D eigenvalue weighted by atomic mass is 16.5. The van der Waals surface area contributed by atoms with Gasteiger partial charge in [-0.1, -0.05) is 44.5 Å². The van der Waals surface area contributed by atoms with E-state index in [1.165, 1.54) is 4.90 Å². The van der Waals surface area contributed by atoms with E-state index in [4.69, 9.17) is 4.74 Å². The van der Waals surface area contributed by atoms with Crippen molar-refractivity contribution in [1.82, 2.24) is 15.4 Å². The summed E-state index contributed by atoms with van der Waals surface area (Å²) in [6.45, 7) is 4.19. The number of nitrogens with zero attached hydrogens (tertiary/aromatic N) is 2. The van der Waals surface area contributed by atoms with Crippen LogP contribution in [-0.2, 0) is 16.2 Å². The molecule has 4 rings (SSSR count). The van der Waals surface area contributed by atoms with Gasteiger partial charge < -0.3 is 20.1 Å². The molecule has 4 atom stereocenters. The summed E-state index contributed by atoms with van der Waals surface area (Å²) < 4.78 is 6.00. The summed E-state index contributed by atoms with van der Waals surface area (Å²) in [7, 11) is 0. The van der Waals surface area contributed by atoms with E-state index in [0.717, 1.165) is 22.2 Å². The molecule has 3 amide bonds. The molecule has 1 fully saturated rings. The number of carbonyl (C=O) groups excluding carboxylic acids is 2. The Morgan fingerprint density at radius 2 is 1.84 bits per heavy atom. The molecule has 10 nitrogen and oxygen atoms in total. The molecule has 0 bridgehead atoms. The fraction of sp³-hybridized carbons (Fsp3) is 0.357. The molecular formula is C28H32N4O6. The van der Waals surface area contributed by atoms with E-state index in [-0.39, 0.29) is 18.9 Å². The number of benzene rings is 2. The van der Waals surface area contributed by atoms with Gasteiger partial charge in [0.2, 0.25) is 11.8 Å². The summed E-state index contributed by atoms with van der Waals surface area (Å²) in [5, 5.41) is 22.8. The van der Waals surface area contributed by atoms with Gasteiger partial charge >= 0.3 is 6.09 Å². The summed E-state index contributed by atoms with van der Waals surface area (Å²) >= 11 is 0. The number of para-hydroxylation sites is 1. The first-order valence-electron chi connectivity index (χ1n) is 12.6. The number of hydroxylamine groups is 1. The molecule has 2 aromatic carbocycles. The van der Waals surface area contributed by atoms with Crippen LogP contribution in [0.1, 0.15) is 32.3 Å². The first-order chi connectivity index (χ1) is 18.3. The number of ether oxygens (including phenoxy) is 1. The first-order valence-corrected chi connectivity index (χ1v) is 12.6. The maximum absolute atomic E-state index is 13.5. The summed E-state index contributed by atoms with van der Waals surface area (Å²) in [5.41, 5.74) is 3.88. The second-order valence-electron chi connectivity index (χ2n) is 9.55. The maximum Gasteiger partial charge on any atom is 0.407 e. The van der Waals surface area contributed by atoms with Gasteiger partial charge in [0.15, 0.2) is 0 Å². The van der Waals surface area contributed by atoms with Crippen molar-refractivity contribution in [1.29, 1.82) is 0 Å². The monoisotopic (exact) mass is 520 g/mol. The van der Waals surface area contributed by atoms with Gasteiger partial charge in [-0.25, -0.2) is 10.3 Å². The van der Waals surface area contributed by atoms with Crippen LogP contribution in [0.15, 0.2) is 60.8 Å². The van der Waals surface area contributed by atoms with Crippen molar-refractivity contribution in [2.45, 2.75) is 39.3 Å². The molecule has 0 spiro atoms. The van der Waals surface area contributed by atoms with Crippen LogP contribution in [0.4, 0.5) is 10.5 Å². The number of hydrogen-bond acceptors (Lipinski definition) is 6. The van der Waals surface area contributed by atoms with Crippen LogP contribution in [0, 0.1) is 17.8 Å². The topological polar surface area (TPSA) is 141 Å². The second kappa shape index (κ2) is 11.9. The molecule has 3 aromatic rings. The molecule has 4 N–H and O–H groups in total. The number of fused-ring (bicyclic) bond motifs is 1. The van der Waals surface area contributed by atoms with E-state index >= 15 is 0 Å². The third-order valence-corrected chi connectivity index (χ3v) is 7.29. The number of hydrogen-bond donors (Lipinski definition) is 4. The highest BCUT2D eigenvalue weighted by Crippen LogP contribution is 2.36. The van der Waals surface area contributed by atoms with Crippen molar-refractivity contribution in [3.63, 3.8) is 0 Å². The van der Waals surface area contributed by atoms with Crippen molar-refractivity contribution < 1.29 is 29.4 Å². The van der Waals surface area contributed by atoms with Crippen LogP contribution < -0.4 is 15.5 Å². The number of aromatic nitrogens is 1. The fourth-order valence-corrected chi connectivity index (χ4v) is 5.15. The van der Waals surface area contributed by atoms with Crippen LogP contribution in [0.3, 0.4) is 0 Å². The number of piperidine rings is 1. The second-order valence-corrected chi connectivity index (χ2v) is 9.55. The molecule has 38 heavy (non-hydrogen) atoms. The van der Waals surface area contributed by atoms with Crippen LogP contribution in [0.2, 0.25) is 0 Å². The third kappa shape index (κ3) is 5.70. The van der Waals surface area contributed by atoms with Crippen LogP contribution in [0.5, 0.6) is 5.75 Å². The summed E-state index contributed by atoms with van der Waals surface area (Å²) in [6, 6.07) is 15.9. The number of anilines is 1. The minimum absolute atomic E-state index is 0.105. The molecule has 1 aromatic heterocycles. The van der Waals surface area contributed by atoms with Crippen molar-refractivity contribution in [2.24, 2.45) is 17.8 Å². The number of rotatable bonds is 8. The van der Waals surface area contributed by atoms with E-state index in [2.05, 4.69) is 10.3 Å². The van der Waals surface area contributed by atoms with Crippen molar-refractivity contribution >= 4 is 34.5 Å². The lowest BCUT2D eigenvalue weighted by molar-refractivity contribution is -0.144. The lowest BCUT2D eigenvalue weighted by Crippen LogP contribution is -2.59. The van der Waals surface area contributed by atoms with Gasteiger partial charge in [0.05, 0.1) is 17.4 Å². The lowest BCUT2D eigenvalue weighted by Gasteiger charge is -2.45. The summed E-state index contributed by atoms with van der Waals surface area (Å²) in [5.74, 6) is -2.46. The number of carboxylic acid groups (broad SMARTS) is 1. The molecule has 1 aliphatic heterocycles. The first kappa shape index (κ1) is 26.9. The minimum atomic E-state index is -1.14. The smallest absolute Gasteiger partial charge is 0.407 e. The summed E-state index contributed by atoms with van der Waals surface area (Å²) in [4.78, 5) is 43.5. The highest BCUT2D eigenvalue weighted by Gasteiger charge is 2.48. The van der Waals surface area contributed by atoms with E-state index in [9.17, 15) is 24.7 Å². The molecule has 10 heteroatoms. The zero-order chi connectivity index (χ0) is 27.2. The molecule has 3 unspecified atom stereocenters. The number of nitrogens with one attached hydrogen (secondary N) is 2. The Hall–Kier alpha value is -4.18. The molecule has 0 radical (unpaired) electrons. The Kier molecular flexibility index (Phi) is 8.42. The van der Waals surface area contributed by atoms with E-state index in [1.807, 2.05) is 56.3 Å².